The Morgan fingerprint density at radius 3 is 2.00 bits per heavy atom. The number of benzene rings is 1. The molecule has 0 heterocycles. The maximum Gasteiger partial charge on any atom is 0.408 e. The Hall–Kier alpha value is -3.37. The van der Waals surface area contributed by atoms with Crippen molar-refractivity contribution in [3.05, 3.63) is 34.4 Å². The van der Waals surface area contributed by atoms with Gasteiger partial charge in [0, 0.05) is 18.7 Å². The molecule has 0 bridgehead atoms. The average Bonchev–Trinajstić information content (AvgIpc) is 2.61. The number of nitro groups is 1. The molecule has 2 N–H and O–H groups in total. The van der Waals surface area contributed by atoms with E-state index in [1.165, 1.54) is 24.3 Å². The minimum absolute atomic E-state index is 0.0865. The third-order valence-electron chi connectivity index (χ3n) is 3.58. The van der Waals surface area contributed by atoms with Crippen LogP contribution in [-0.2, 0) is 14.3 Å². The van der Waals surface area contributed by atoms with E-state index in [2.05, 4.69) is 10.6 Å². The lowest BCUT2D eigenvalue weighted by molar-refractivity contribution is -0.384. The summed E-state index contributed by atoms with van der Waals surface area (Å²) in [7, 11) is 0. The van der Waals surface area contributed by atoms with Crippen molar-refractivity contribution in [3.8, 4) is 5.75 Å². The number of nitrogens with zero attached hydrogens (tertiary/aromatic N) is 1. The number of ether oxygens (including phenoxy) is 3. The Bertz CT molecular complexity index is 810. The number of nitro benzene ring substituents is 1. The molecule has 2 amide bonds. The predicted octanol–water partition coefficient (Wildman–Crippen LogP) is 3.70. The number of alkyl carbamates (subject to hydrolysis) is 2. The molecule has 0 saturated carbocycles. The van der Waals surface area contributed by atoms with Gasteiger partial charge in [-0.2, -0.15) is 0 Å². The molecule has 32 heavy (non-hydrogen) atoms. The second-order valence-electron chi connectivity index (χ2n) is 8.94. The van der Waals surface area contributed by atoms with Crippen LogP contribution in [0.1, 0.15) is 54.4 Å². The molecule has 0 aromatic heterocycles. The van der Waals surface area contributed by atoms with Gasteiger partial charge in [-0.05, 0) is 66.5 Å². The van der Waals surface area contributed by atoms with E-state index in [0.717, 1.165) is 0 Å². The number of carbonyl (C=O) groups is 3. The molecule has 1 rings (SSSR count). The van der Waals surface area contributed by atoms with E-state index in [-0.39, 0.29) is 24.4 Å². The summed E-state index contributed by atoms with van der Waals surface area (Å²) in [5.41, 5.74) is -1.56. The number of nitrogens with one attached hydrogen (secondary N) is 2. The van der Waals surface area contributed by atoms with Gasteiger partial charge in [0.15, 0.2) is 0 Å². The van der Waals surface area contributed by atoms with E-state index >= 15 is 0 Å². The highest BCUT2D eigenvalue weighted by atomic mass is 16.6. The highest BCUT2D eigenvalue weighted by Crippen LogP contribution is 2.18. The molecule has 0 fully saturated rings. The molecule has 1 aromatic rings. The number of carbonyl (C=O) groups excluding carboxylic acids is 3. The summed E-state index contributed by atoms with van der Waals surface area (Å²) in [5, 5.41) is 15.8. The van der Waals surface area contributed by atoms with Crippen LogP contribution in [0.15, 0.2) is 24.3 Å². The molecule has 0 aliphatic carbocycles. The van der Waals surface area contributed by atoms with E-state index in [9.17, 15) is 24.5 Å². The molecule has 0 spiro atoms. The van der Waals surface area contributed by atoms with Crippen LogP contribution in [0.25, 0.3) is 0 Å². The zero-order chi connectivity index (χ0) is 24.5. The molecule has 0 saturated heterocycles. The molecular weight excluding hydrogens is 422 g/mol. The van der Waals surface area contributed by atoms with Gasteiger partial charge >= 0.3 is 18.2 Å². The van der Waals surface area contributed by atoms with Crippen molar-refractivity contribution in [1.29, 1.82) is 0 Å². The van der Waals surface area contributed by atoms with Crippen LogP contribution in [0.2, 0.25) is 0 Å². The Balaban J connectivity index is 2.74. The van der Waals surface area contributed by atoms with Crippen molar-refractivity contribution in [3.63, 3.8) is 0 Å². The summed E-state index contributed by atoms with van der Waals surface area (Å²) in [6, 6.07) is 3.89. The summed E-state index contributed by atoms with van der Waals surface area (Å²) in [6.07, 6.45) is -0.929. The predicted molar refractivity (Wildman–Crippen MR) is 115 cm³/mol. The number of rotatable bonds is 8. The third-order valence-corrected chi connectivity index (χ3v) is 3.58. The largest absolute Gasteiger partial charge is 0.444 e. The maximum absolute atomic E-state index is 12.6. The van der Waals surface area contributed by atoms with E-state index in [0.29, 0.717) is 6.42 Å². The molecule has 0 aliphatic heterocycles. The van der Waals surface area contributed by atoms with Gasteiger partial charge in [0.1, 0.15) is 23.0 Å². The minimum Gasteiger partial charge on any atom is -0.444 e. The lowest BCUT2D eigenvalue weighted by atomic mass is 10.1. The lowest BCUT2D eigenvalue weighted by Gasteiger charge is -2.23. The molecule has 11 nitrogen and oxygen atoms in total. The van der Waals surface area contributed by atoms with Gasteiger partial charge in [0.2, 0.25) is 0 Å². The molecule has 1 atom stereocenters. The Labute approximate surface area is 186 Å². The molecule has 0 aliphatic rings. The number of amides is 2. The Morgan fingerprint density at radius 1 is 0.969 bits per heavy atom. The fourth-order valence-corrected chi connectivity index (χ4v) is 2.33. The minimum atomic E-state index is -1.07. The van der Waals surface area contributed by atoms with Crippen LogP contribution in [-0.4, -0.2) is 46.9 Å². The molecule has 178 valence electrons. The SMILES string of the molecule is CC(C)(C)OC(=O)NCCC[C@@H](NC(=O)OC(C)(C)C)C(=O)Oc1ccc([N+](=O)[O-])cc1. The number of hydrogen-bond donors (Lipinski definition) is 2. The maximum atomic E-state index is 12.6. The van der Waals surface area contributed by atoms with Crippen LogP contribution in [0.4, 0.5) is 15.3 Å². The molecule has 1 aromatic carbocycles. The Kier molecular flexibility index (Phi) is 9.42. The van der Waals surface area contributed by atoms with Crippen LogP contribution in [0, 0.1) is 10.1 Å². The summed E-state index contributed by atoms with van der Waals surface area (Å²) in [6.45, 7) is 10.5. The van der Waals surface area contributed by atoms with E-state index in [1.54, 1.807) is 41.5 Å². The van der Waals surface area contributed by atoms with Crippen molar-refractivity contribution in [2.45, 2.75) is 71.6 Å². The topological polar surface area (TPSA) is 146 Å². The van der Waals surface area contributed by atoms with Crippen molar-refractivity contribution in [2.75, 3.05) is 6.54 Å². The van der Waals surface area contributed by atoms with Crippen molar-refractivity contribution in [2.24, 2.45) is 0 Å². The number of non-ortho nitro benzene ring substituents is 1. The van der Waals surface area contributed by atoms with Gasteiger partial charge in [-0.25, -0.2) is 14.4 Å². The van der Waals surface area contributed by atoms with Crippen molar-refractivity contribution in [1.82, 2.24) is 10.6 Å². The highest BCUT2D eigenvalue weighted by molar-refractivity contribution is 5.83. The smallest absolute Gasteiger partial charge is 0.408 e. The molecule has 0 unspecified atom stereocenters. The normalized spacial score (nSPS) is 12.3. The van der Waals surface area contributed by atoms with E-state index in [1.807, 2.05) is 0 Å². The third kappa shape index (κ3) is 11.1. The van der Waals surface area contributed by atoms with Crippen molar-refractivity contribution >= 4 is 23.8 Å². The quantitative estimate of drug-likeness (QED) is 0.199. The van der Waals surface area contributed by atoms with Gasteiger partial charge in [-0.1, -0.05) is 0 Å². The molecule has 11 heteroatoms. The van der Waals surface area contributed by atoms with Crippen LogP contribution >= 0.6 is 0 Å². The Morgan fingerprint density at radius 2 is 1.50 bits per heavy atom. The van der Waals surface area contributed by atoms with Gasteiger partial charge in [0.25, 0.3) is 5.69 Å². The second-order valence-corrected chi connectivity index (χ2v) is 8.94. The van der Waals surface area contributed by atoms with Crippen LogP contribution < -0.4 is 15.4 Å². The monoisotopic (exact) mass is 453 g/mol. The fraction of sp³-hybridized carbons (Fsp3) is 0.571. The first-order chi connectivity index (χ1) is 14.7. The average molecular weight is 453 g/mol. The summed E-state index contributed by atoms with van der Waals surface area (Å²) in [5.74, 6) is -0.689. The van der Waals surface area contributed by atoms with Crippen LogP contribution in [0.3, 0.4) is 0 Å². The zero-order valence-electron chi connectivity index (χ0n) is 19.2. The first-order valence-electron chi connectivity index (χ1n) is 10.1. The second kappa shape index (κ2) is 11.3. The first kappa shape index (κ1) is 26.7. The van der Waals surface area contributed by atoms with Gasteiger partial charge in [-0.15, -0.1) is 0 Å². The van der Waals surface area contributed by atoms with Crippen molar-refractivity contribution < 1.29 is 33.5 Å². The highest BCUT2D eigenvalue weighted by Gasteiger charge is 2.26. The standard InChI is InChI=1S/C21H31N3O8/c1-20(2,3)31-18(26)22-13-7-8-16(23-19(27)32-21(4,5)6)17(25)30-15-11-9-14(10-12-15)24(28)29/h9-12,16H,7-8,13H2,1-6H3,(H,22,26)(H,23,27)/t16-/m1/s1. The molecular formula is C21H31N3O8. The number of esters is 1. The van der Waals surface area contributed by atoms with E-state index < -0.39 is 40.3 Å². The number of hydrogen-bond acceptors (Lipinski definition) is 8. The lowest BCUT2D eigenvalue weighted by Crippen LogP contribution is -2.45. The first-order valence-corrected chi connectivity index (χ1v) is 10.1. The summed E-state index contributed by atoms with van der Waals surface area (Å²) < 4.78 is 15.6. The van der Waals surface area contributed by atoms with Gasteiger partial charge in [-0.3, -0.25) is 10.1 Å². The van der Waals surface area contributed by atoms with Gasteiger partial charge < -0.3 is 24.8 Å². The summed E-state index contributed by atoms with van der Waals surface area (Å²) >= 11 is 0. The summed E-state index contributed by atoms with van der Waals surface area (Å²) in [4.78, 5) is 46.6. The van der Waals surface area contributed by atoms with E-state index in [4.69, 9.17) is 14.2 Å². The zero-order valence-corrected chi connectivity index (χ0v) is 19.2. The fourth-order valence-electron chi connectivity index (χ4n) is 2.33. The van der Waals surface area contributed by atoms with Gasteiger partial charge in [0.05, 0.1) is 4.92 Å². The molecule has 0 radical (unpaired) electrons. The van der Waals surface area contributed by atoms with Crippen LogP contribution in [0.5, 0.6) is 5.75 Å².